The molecule has 0 aliphatic carbocycles. The zero-order chi connectivity index (χ0) is 26.7. The normalized spacial score (nSPS) is 22.2. The van der Waals surface area contributed by atoms with Crippen molar-refractivity contribution < 1.29 is 39.1 Å². The molecular formula is C24H29N5O8. The molecule has 13 heteroatoms. The Balaban J connectivity index is 1.42. The van der Waals surface area contributed by atoms with E-state index in [1.54, 1.807) is 13.8 Å². The predicted octanol–water partition coefficient (Wildman–Crippen LogP) is 1.17. The van der Waals surface area contributed by atoms with Crippen LogP contribution in [0, 0.1) is 12.8 Å². The molecule has 13 nitrogen and oxygen atoms in total. The van der Waals surface area contributed by atoms with E-state index < -0.39 is 49.3 Å². The minimum atomic E-state index is -1.39. The van der Waals surface area contributed by atoms with Gasteiger partial charge in [0.2, 0.25) is 5.88 Å². The van der Waals surface area contributed by atoms with Crippen LogP contribution in [-0.2, 0) is 20.9 Å². The van der Waals surface area contributed by atoms with Crippen LogP contribution in [0.25, 0.3) is 11.2 Å². The topological polar surface area (TPSA) is 178 Å². The first-order valence-corrected chi connectivity index (χ1v) is 11.7. The zero-order valence-corrected chi connectivity index (χ0v) is 20.5. The average molecular weight is 516 g/mol. The van der Waals surface area contributed by atoms with Gasteiger partial charge < -0.3 is 34.8 Å². The Morgan fingerprint density at radius 2 is 1.86 bits per heavy atom. The largest absolute Gasteiger partial charge is 0.480 e. The van der Waals surface area contributed by atoms with E-state index in [4.69, 9.17) is 14.2 Å². The molecule has 1 saturated heterocycles. The van der Waals surface area contributed by atoms with E-state index in [0.717, 1.165) is 11.1 Å². The van der Waals surface area contributed by atoms with Crippen molar-refractivity contribution >= 4 is 23.2 Å². The van der Waals surface area contributed by atoms with E-state index in [0.29, 0.717) is 11.2 Å². The lowest BCUT2D eigenvalue weighted by Gasteiger charge is -2.19. The van der Waals surface area contributed by atoms with E-state index in [-0.39, 0.29) is 18.4 Å². The second-order valence-electron chi connectivity index (χ2n) is 9.13. The molecule has 5 atom stereocenters. The number of hydrogen-bond donors (Lipinski definition) is 4. The van der Waals surface area contributed by atoms with Crippen molar-refractivity contribution in [2.75, 3.05) is 6.61 Å². The Morgan fingerprint density at radius 1 is 1.14 bits per heavy atom. The van der Waals surface area contributed by atoms with Crippen molar-refractivity contribution in [3.8, 4) is 5.88 Å². The standard InChI is InChI=1S/C24H29N5O8/c1-12(2)16(23(32)33)28-24(34)36-9-15-18(30)19(31)22(37-15)29-11-27-17-20(29)25-10-26-21(17)35-8-14-6-4-13(3)5-7-14/h4-7,10-12,15-16,18-19,22,30-31H,8-9H2,1-3H3,(H,28,34)(H,32,33)/t15-,16+,18?,19+,22-/m1/s1. The zero-order valence-electron chi connectivity index (χ0n) is 20.5. The Bertz CT molecular complexity index is 1250. The summed E-state index contributed by atoms with van der Waals surface area (Å²) in [5.74, 6) is -1.32. The fourth-order valence-corrected chi connectivity index (χ4v) is 3.89. The van der Waals surface area contributed by atoms with Gasteiger partial charge in [-0.05, 0) is 18.4 Å². The van der Waals surface area contributed by atoms with Crippen LogP contribution in [0.3, 0.4) is 0 Å². The Kier molecular flexibility index (Phi) is 7.86. The number of nitrogens with one attached hydrogen (secondary N) is 1. The number of alkyl carbamates (subject to hydrolysis) is 1. The van der Waals surface area contributed by atoms with E-state index in [9.17, 15) is 24.9 Å². The number of carboxylic acid groups (broad SMARTS) is 1. The number of aliphatic hydroxyl groups excluding tert-OH is 2. The third kappa shape index (κ3) is 5.79. The van der Waals surface area contributed by atoms with Crippen LogP contribution in [0.15, 0.2) is 36.9 Å². The van der Waals surface area contributed by atoms with Gasteiger partial charge in [-0.3, -0.25) is 4.57 Å². The fraction of sp³-hybridized carbons (Fsp3) is 0.458. The molecule has 0 spiro atoms. The van der Waals surface area contributed by atoms with Crippen molar-refractivity contribution in [1.29, 1.82) is 0 Å². The number of ether oxygens (including phenoxy) is 3. The molecule has 198 valence electrons. The van der Waals surface area contributed by atoms with Crippen molar-refractivity contribution in [2.45, 2.75) is 58.0 Å². The Morgan fingerprint density at radius 3 is 2.54 bits per heavy atom. The quantitative estimate of drug-likeness (QED) is 0.321. The highest BCUT2D eigenvalue weighted by Gasteiger charge is 2.45. The second kappa shape index (κ2) is 11.1. The van der Waals surface area contributed by atoms with Crippen molar-refractivity contribution in [1.82, 2.24) is 24.8 Å². The highest BCUT2D eigenvalue weighted by atomic mass is 16.6. The lowest BCUT2D eigenvalue weighted by atomic mass is 10.1. The molecular weight excluding hydrogens is 486 g/mol. The molecule has 1 unspecified atom stereocenters. The van der Waals surface area contributed by atoms with Crippen LogP contribution < -0.4 is 10.1 Å². The van der Waals surface area contributed by atoms with Gasteiger partial charge >= 0.3 is 12.1 Å². The number of hydrogen-bond acceptors (Lipinski definition) is 10. The number of aryl methyl sites for hydroxylation is 1. The molecule has 0 bridgehead atoms. The van der Waals surface area contributed by atoms with Gasteiger partial charge in [-0.25, -0.2) is 19.6 Å². The van der Waals surface area contributed by atoms with Crippen molar-refractivity contribution in [2.24, 2.45) is 5.92 Å². The number of benzene rings is 1. The molecule has 0 saturated carbocycles. The van der Waals surface area contributed by atoms with Gasteiger partial charge in [-0.2, -0.15) is 4.98 Å². The van der Waals surface area contributed by atoms with E-state index >= 15 is 0 Å². The molecule has 3 heterocycles. The number of carbonyl (C=O) groups excluding carboxylic acids is 1. The molecule has 1 aliphatic heterocycles. The number of carbonyl (C=O) groups is 2. The molecule has 4 N–H and O–H groups in total. The Labute approximate surface area is 212 Å². The van der Waals surface area contributed by atoms with Gasteiger partial charge in [0.05, 0.1) is 6.33 Å². The van der Waals surface area contributed by atoms with Gasteiger partial charge in [0, 0.05) is 0 Å². The number of carboxylic acids is 1. The molecule has 1 aromatic carbocycles. The van der Waals surface area contributed by atoms with Crippen LogP contribution in [0.2, 0.25) is 0 Å². The van der Waals surface area contributed by atoms with Gasteiger partial charge in [0.15, 0.2) is 17.4 Å². The summed E-state index contributed by atoms with van der Waals surface area (Å²) in [5.41, 5.74) is 2.73. The summed E-state index contributed by atoms with van der Waals surface area (Å²) in [6, 6.07) is 6.71. The van der Waals surface area contributed by atoms with Gasteiger partial charge in [0.25, 0.3) is 0 Å². The summed E-state index contributed by atoms with van der Waals surface area (Å²) >= 11 is 0. The number of amides is 1. The number of fused-ring (bicyclic) bond motifs is 1. The maximum Gasteiger partial charge on any atom is 0.407 e. The maximum absolute atomic E-state index is 12.1. The maximum atomic E-state index is 12.1. The molecule has 1 amide bonds. The van der Waals surface area contributed by atoms with Gasteiger partial charge in [0.1, 0.15) is 43.9 Å². The number of rotatable bonds is 9. The molecule has 2 aromatic heterocycles. The first-order chi connectivity index (χ1) is 17.7. The van der Waals surface area contributed by atoms with Crippen LogP contribution in [0.5, 0.6) is 5.88 Å². The van der Waals surface area contributed by atoms with E-state index in [1.807, 2.05) is 31.2 Å². The van der Waals surface area contributed by atoms with Crippen molar-refractivity contribution in [3.05, 3.63) is 48.0 Å². The highest BCUT2D eigenvalue weighted by molar-refractivity contribution is 5.80. The third-order valence-electron chi connectivity index (χ3n) is 6.02. The number of aliphatic hydroxyl groups is 2. The summed E-state index contributed by atoms with van der Waals surface area (Å²) in [5, 5.41) is 32.6. The lowest BCUT2D eigenvalue weighted by Crippen LogP contribution is -2.45. The van der Waals surface area contributed by atoms with Crippen LogP contribution in [0.4, 0.5) is 4.79 Å². The molecule has 1 fully saturated rings. The van der Waals surface area contributed by atoms with Crippen molar-refractivity contribution in [3.63, 3.8) is 0 Å². The first-order valence-electron chi connectivity index (χ1n) is 11.7. The number of nitrogens with zero attached hydrogens (tertiary/aromatic N) is 4. The minimum absolute atomic E-state index is 0.243. The first kappa shape index (κ1) is 26.3. The molecule has 0 radical (unpaired) electrons. The van der Waals surface area contributed by atoms with Crippen LogP contribution >= 0.6 is 0 Å². The predicted molar refractivity (Wildman–Crippen MR) is 128 cm³/mol. The second-order valence-corrected chi connectivity index (χ2v) is 9.13. The average Bonchev–Trinajstić information content (AvgIpc) is 3.41. The molecule has 37 heavy (non-hydrogen) atoms. The number of imidazole rings is 1. The fourth-order valence-electron chi connectivity index (χ4n) is 3.89. The van der Waals surface area contributed by atoms with E-state index in [1.165, 1.54) is 17.2 Å². The molecule has 3 aromatic rings. The summed E-state index contributed by atoms with van der Waals surface area (Å²) in [6.07, 6.45) is -3.25. The van der Waals surface area contributed by atoms with Crippen LogP contribution in [0.1, 0.15) is 31.2 Å². The van der Waals surface area contributed by atoms with Crippen LogP contribution in [-0.4, -0.2) is 77.9 Å². The summed E-state index contributed by atoms with van der Waals surface area (Å²) in [6.45, 7) is 5.12. The SMILES string of the molecule is Cc1ccc(COc2ncnc3c2ncn3[C@@H]2O[C@H](COC(=O)N[C@H](C(=O)O)C(C)C)C(O)[C@@H]2O)cc1. The van der Waals surface area contributed by atoms with E-state index in [2.05, 4.69) is 20.3 Å². The highest BCUT2D eigenvalue weighted by Crippen LogP contribution is 2.33. The van der Waals surface area contributed by atoms with Gasteiger partial charge in [-0.1, -0.05) is 43.7 Å². The number of aromatic nitrogens is 4. The Hall–Kier alpha value is -3.81. The number of aliphatic carboxylic acids is 1. The summed E-state index contributed by atoms with van der Waals surface area (Å²) in [7, 11) is 0. The monoisotopic (exact) mass is 515 g/mol. The minimum Gasteiger partial charge on any atom is -0.480 e. The summed E-state index contributed by atoms with van der Waals surface area (Å²) < 4.78 is 18.1. The third-order valence-corrected chi connectivity index (χ3v) is 6.02. The lowest BCUT2D eigenvalue weighted by molar-refractivity contribution is -0.140. The van der Waals surface area contributed by atoms with Gasteiger partial charge in [-0.15, -0.1) is 0 Å². The summed E-state index contributed by atoms with van der Waals surface area (Å²) in [4.78, 5) is 36.0. The molecule has 4 rings (SSSR count). The molecule has 1 aliphatic rings. The smallest absolute Gasteiger partial charge is 0.407 e.